The number of carbonyl (C=O) groups excluding carboxylic acids is 1. The molecule has 0 radical (unpaired) electrons. The zero-order valence-electron chi connectivity index (χ0n) is 38.4. The summed E-state index contributed by atoms with van der Waals surface area (Å²) in [6.07, 6.45) is -8.91. The summed E-state index contributed by atoms with van der Waals surface area (Å²) in [5, 5.41) is 4.15. The standard InChI is InChI=1S/C55H57N3O11/c1-60-54-47(57-58-56)50(63-34-41-24-12-4-13-25-41)49(46(67-54)38-66-53(59)44-30-18-7-19-31-44)69-55-52(65-36-43-28-16-6-17-29-43)51(64-35-42-26-14-5-15-27-42)48(62-33-40-22-10-3-11-23-40)45(68-55)37-61-32-39-20-8-2-9-21-39/h2-31,45-52,54-55H,32-38H2,1H3/t45-,46-,47-,48-,49-,50-,51+,52+,54+,55-/m1/s1. The second kappa shape index (κ2) is 25.9. The van der Waals surface area contributed by atoms with Gasteiger partial charge in [0, 0.05) is 12.0 Å². The fourth-order valence-corrected chi connectivity index (χ4v) is 8.35. The van der Waals surface area contributed by atoms with Crippen LogP contribution in [0, 0.1) is 0 Å². The number of benzene rings is 6. The molecule has 0 aromatic heterocycles. The molecule has 2 saturated heterocycles. The summed E-state index contributed by atoms with van der Waals surface area (Å²) >= 11 is 0. The second-order valence-electron chi connectivity index (χ2n) is 16.6. The highest BCUT2D eigenvalue weighted by Gasteiger charge is 2.54. The average molecular weight is 936 g/mol. The van der Waals surface area contributed by atoms with E-state index in [1.54, 1.807) is 24.3 Å². The second-order valence-corrected chi connectivity index (χ2v) is 16.6. The normalized spacial score (nSPS) is 24.5. The minimum Gasteiger partial charge on any atom is -0.459 e. The van der Waals surface area contributed by atoms with Crippen molar-refractivity contribution in [2.24, 2.45) is 5.11 Å². The summed E-state index contributed by atoms with van der Waals surface area (Å²) in [4.78, 5) is 16.7. The van der Waals surface area contributed by atoms with E-state index < -0.39 is 67.3 Å². The number of rotatable bonds is 23. The molecule has 2 aliphatic heterocycles. The van der Waals surface area contributed by atoms with Crippen LogP contribution in [0.25, 0.3) is 10.4 Å². The molecule has 0 saturated carbocycles. The van der Waals surface area contributed by atoms with Crippen LogP contribution < -0.4 is 0 Å². The molecule has 2 aliphatic rings. The summed E-state index contributed by atoms with van der Waals surface area (Å²) in [7, 11) is 1.44. The summed E-state index contributed by atoms with van der Waals surface area (Å²) in [6, 6.07) is 56.5. The van der Waals surface area contributed by atoms with E-state index in [4.69, 9.17) is 47.4 Å². The van der Waals surface area contributed by atoms with Gasteiger partial charge in [-0.2, -0.15) is 0 Å². The number of hydrogen-bond acceptors (Lipinski definition) is 12. The van der Waals surface area contributed by atoms with Crippen molar-refractivity contribution in [1.29, 1.82) is 0 Å². The highest BCUT2D eigenvalue weighted by atomic mass is 16.8. The average Bonchev–Trinajstić information content (AvgIpc) is 3.40. The van der Waals surface area contributed by atoms with Crippen molar-refractivity contribution in [1.82, 2.24) is 0 Å². The van der Waals surface area contributed by atoms with Crippen LogP contribution in [0.4, 0.5) is 0 Å². The molecule has 0 spiro atoms. The van der Waals surface area contributed by atoms with E-state index in [0.717, 1.165) is 27.8 Å². The van der Waals surface area contributed by atoms with Gasteiger partial charge in [-0.25, -0.2) is 4.79 Å². The van der Waals surface area contributed by atoms with E-state index >= 15 is 0 Å². The summed E-state index contributed by atoms with van der Waals surface area (Å²) < 4.78 is 66.5. The van der Waals surface area contributed by atoms with Gasteiger partial charge in [0.05, 0.1) is 45.2 Å². The number of carbonyl (C=O) groups is 1. The van der Waals surface area contributed by atoms with Gasteiger partial charge in [0.15, 0.2) is 12.6 Å². The summed E-state index contributed by atoms with van der Waals surface area (Å²) in [5.74, 6) is -0.577. The number of ether oxygens (including phenoxy) is 10. The lowest BCUT2D eigenvalue weighted by Gasteiger charge is -2.49. The molecule has 10 atom stereocenters. The third kappa shape index (κ3) is 13.9. The maximum absolute atomic E-state index is 13.5. The summed E-state index contributed by atoms with van der Waals surface area (Å²) in [6.45, 7) is 0.770. The molecule has 0 N–H and O–H groups in total. The fraction of sp³-hybridized carbons (Fsp3) is 0.327. The molecule has 14 nitrogen and oxygen atoms in total. The fourth-order valence-electron chi connectivity index (χ4n) is 8.35. The number of esters is 1. The van der Waals surface area contributed by atoms with Crippen molar-refractivity contribution in [2.75, 3.05) is 20.3 Å². The van der Waals surface area contributed by atoms with Crippen molar-refractivity contribution in [2.45, 2.75) is 94.4 Å². The number of hydrogen-bond donors (Lipinski definition) is 0. The zero-order valence-corrected chi connectivity index (χ0v) is 38.4. The Kier molecular flexibility index (Phi) is 18.5. The third-order valence-corrected chi connectivity index (χ3v) is 11.8. The smallest absolute Gasteiger partial charge is 0.338 e. The van der Waals surface area contributed by atoms with E-state index in [9.17, 15) is 10.3 Å². The van der Waals surface area contributed by atoms with Crippen LogP contribution in [-0.2, 0) is 80.4 Å². The van der Waals surface area contributed by atoms with Gasteiger partial charge in [-0.3, -0.25) is 0 Å². The van der Waals surface area contributed by atoms with Crippen molar-refractivity contribution in [3.63, 3.8) is 0 Å². The van der Waals surface area contributed by atoms with Crippen LogP contribution in [0.1, 0.15) is 38.2 Å². The molecule has 69 heavy (non-hydrogen) atoms. The highest BCUT2D eigenvalue weighted by Crippen LogP contribution is 2.36. The van der Waals surface area contributed by atoms with Crippen LogP contribution in [0.2, 0.25) is 0 Å². The molecule has 2 heterocycles. The third-order valence-electron chi connectivity index (χ3n) is 11.8. The van der Waals surface area contributed by atoms with Crippen molar-refractivity contribution < 1.29 is 52.2 Å². The Bertz CT molecular complexity index is 2460. The highest BCUT2D eigenvalue weighted by molar-refractivity contribution is 5.89. The minimum absolute atomic E-state index is 0.0745. The first-order valence-corrected chi connectivity index (χ1v) is 23.1. The van der Waals surface area contributed by atoms with Crippen LogP contribution in [0.5, 0.6) is 0 Å². The summed E-state index contributed by atoms with van der Waals surface area (Å²) in [5.41, 5.74) is 14.9. The van der Waals surface area contributed by atoms with E-state index in [2.05, 4.69) is 10.0 Å². The predicted molar refractivity (Wildman–Crippen MR) is 255 cm³/mol. The number of azide groups is 1. The van der Waals surface area contributed by atoms with Gasteiger partial charge in [0.1, 0.15) is 55.4 Å². The SMILES string of the molecule is CO[C@H]1O[C@H](COC(=O)c2ccccc2)[C@@H](O[C@H]2O[C@H](COCc3ccccc3)[C@@H](OCc3ccccc3)[C@H](OCc3ccccc3)[C@@H]2OCc2ccccc2)[C@H](OCc2ccccc2)[C@H]1N=[N+]=[N-]. The molecule has 2 fully saturated rings. The molecular weight excluding hydrogens is 879 g/mol. The Morgan fingerprint density at radius 3 is 1.38 bits per heavy atom. The van der Waals surface area contributed by atoms with Crippen LogP contribution in [0.15, 0.2) is 187 Å². The van der Waals surface area contributed by atoms with E-state index in [0.29, 0.717) is 12.2 Å². The lowest BCUT2D eigenvalue weighted by atomic mass is 9.95. The van der Waals surface area contributed by atoms with Crippen molar-refractivity contribution in [3.05, 3.63) is 226 Å². The van der Waals surface area contributed by atoms with Gasteiger partial charge in [0.25, 0.3) is 0 Å². The number of nitrogens with zero attached hydrogens (tertiary/aromatic N) is 3. The monoisotopic (exact) mass is 935 g/mol. The topological polar surface area (TPSA) is 158 Å². The Hall–Kier alpha value is -6.26. The molecule has 0 aliphatic carbocycles. The molecule has 14 heteroatoms. The maximum Gasteiger partial charge on any atom is 0.338 e. The van der Waals surface area contributed by atoms with E-state index in [-0.39, 0.29) is 39.6 Å². The molecule has 6 aromatic rings. The van der Waals surface area contributed by atoms with Gasteiger partial charge in [-0.15, -0.1) is 0 Å². The van der Waals surface area contributed by atoms with Gasteiger partial charge in [0.2, 0.25) is 0 Å². The van der Waals surface area contributed by atoms with Gasteiger partial charge in [-0.1, -0.05) is 175 Å². The van der Waals surface area contributed by atoms with Crippen LogP contribution in [0.3, 0.4) is 0 Å². The van der Waals surface area contributed by atoms with Gasteiger partial charge >= 0.3 is 5.97 Å². The minimum atomic E-state index is -1.23. The van der Waals surface area contributed by atoms with Crippen LogP contribution >= 0.6 is 0 Å². The molecule has 8 rings (SSSR count). The largest absolute Gasteiger partial charge is 0.459 e. The van der Waals surface area contributed by atoms with Gasteiger partial charge in [-0.05, 0) is 45.5 Å². The Morgan fingerprint density at radius 1 is 0.493 bits per heavy atom. The van der Waals surface area contributed by atoms with Crippen LogP contribution in [-0.4, -0.2) is 87.6 Å². The number of methoxy groups -OCH3 is 1. The molecule has 6 aromatic carbocycles. The Labute approximate surface area is 402 Å². The van der Waals surface area contributed by atoms with Gasteiger partial charge < -0.3 is 47.4 Å². The quantitative estimate of drug-likeness (QED) is 0.0261. The Morgan fingerprint density at radius 2 is 0.899 bits per heavy atom. The molecule has 0 unspecified atom stereocenters. The maximum atomic E-state index is 13.5. The first-order valence-electron chi connectivity index (χ1n) is 23.1. The molecular formula is C55H57N3O11. The molecule has 358 valence electrons. The van der Waals surface area contributed by atoms with Crippen molar-refractivity contribution >= 4 is 5.97 Å². The van der Waals surface area contributed by atoms with Crippen molar-refractivity contribution in [3.8, 4) is 0 Å². The predicted octanol–water partition coefficient (Wildman–Crippen LogP) is 9.56. The Balaban J connectivity index is 1.19. The first kappa shape index (κ1) is 49.2. The van der Waals surface area contributed by atoms with E-state index in [1.807, 2.05) is 158 Å². The lowest BCUT2D eigenvalue weighted by molar-refractivity contribution is -0.363. The first-order chi connectivity index (χ1) is 34.1. The molecule has 0 amide bonds. The molecule has 0 bridgehead atoms. The zero-order chi connectivity index (χ0) is 47.5. The lowest BCUT2D eigenvalue weighted by Crippen LogP contribution is -2.66. The van der Waals surface area contributed by atoms with E-state index in [1.165, 1.54) is 7.11 Å².